The Morgan fingerprint density at radius 3 is 2.24 bits per heavy atom. The summed E-state index contributed by atoms with van der Waals surface area (Å²) in [5, 5.41) is 8.69. The lowest BCUT2D eigenvalue weighted by Gasteiger charge is -2.21. The average molecular weight is 359 g/mol. The van der Waals surface area contributed by atoms with Gasteiger partial charge < -0.3 is 14.7 Å². The van der Waals surface area contributed by atoms with Crippen molar-refractivity contribution in [3.05, 3.63) is 59.7 Å². The minimum absolute atomic E-state index is 0.0168. The van der Waals surface area contributed by atoms with Crippen LogP contribution in [0.2, 0.25) is 0 Å². The van der Waals surface area contributed by atoms with Crippen LogP contribution in [0.25, 0.3) is 0 Å². The van der Waals surface area contributed by atoms with Gasteiger partial charge in [0.1, 0.15) is 5.75 Å². The molecule has 2 aromatic carbocycles. The highest BCUT2D eigenvalue weighted by Crippen LogP contribution is 2.26. The molecular formula is C19H21NO4S. The van der Waals surface area contributed by atoms with E-state index in [4.69, 9.17) is 9.84 Å². The topological polar surface area (TPSA) is 66.8 Å². The molecule has 2 rings (SSSR count). The summed E-state index contributed by atoms with van der Waals surface area (Å²) in [6.45, 7) is 2.31. The molecule has 0 spiro atoms. The van der Waals surface area contributed by atoms with E-state index < -0.39 is 5.97 Å². The van der Waals surface area contributed by atoms with E-state index in [1.54, 1.807) is 43.3 Å². The van der Waals surface area contributed by atoms with Crippen LogP contribution in [-0.2, 0) is 11.3 Å². The highest BCUT2D eigenvalue weighted by Gasteiger charge is 2.19. The maximum atomic E-state index is 12.5. The fourth-order valence-electron chi connectivity index (χ4n) is 2.32. The zero-order valence-electron chi connectivity index (χ0n) is 14.4. The minimum atomic E-state index is -0.958. The second-order valence-corrected chi connectivity index (χ2v) is 7.05. The van der Waals surface area contributed by atoms with Gasteiger partial charge in [0.05, 0.1) is 17.9 Å². The Hall–Kier alpha value is -2.47. The molecule has 5 nitrogen and oxygen atoms in total. The van der Waals surface area contributed by atoms with Crippen molar-refractivity contribution in [2.45, 2.75) is 23.6 Å². The number of thioether (sulfide) groups is 1. The number of benzene rings is 2. The van der Waals surface area contributed by atoms with Gasteiger partial charge in [0.2, 0.25) is 5.91 Å². The van der Waals surface area contributed by atoms with Gasteiger partial charge in [0.15, 0.2) is 0 Å². The molecule has 0 aliphatic rings. The third kappa shape index (κ3) is 5.26. The van der Waals surface area contributed by atoms with Crippen LogP contribution in [0.1, 0.15) is 22.8 Å². The summed E-state index contributed by atoms with van der Waals surface area (Å²) in [4.78, 5) is 26.1. The highest BCUT2D eigenvalue weighted by molar-refractivity contribution is 8.00. The van der Waals surface area contributed by atoms with E-state index in [9.17, 15) is 9.59 Å². The number of nitrogens with zero attached hydrogens (tertiary/aromatic N) is 1. The van der Waals surface area contributed by atoms with E-state index in [1.807, 2.05) is 31.2 Å². The first-order chi connectivity index (χ1) is 11.9. The van der Waals surface area contributed by atoms with Crippen molar-refractivity contribution in [1.82, 2.24) is 4.90 Å². The highest BCUT2D eigenvalue weighted by atomic mass is 32.2. The fourth-order valence-corrected chi connectivity index (χ4v) is 3.31. The van der Waals surface area contributed by atoms with Crippen LogP contribution in [-0.4, -0.2) is 41.3 Å². The summed E-state index contributed by atoms with van der Waals surface area (Å²) in [5.74, 6) is -0.158. The zero-order chi connectivity index (χ0) is 18.4. The number of methoxy groups -OCH3 is 1. The van der Waals surface area contributed by atoms with Crippen molar-refractivity contribution in [1.29, 1.82) is 0 Å². The Morgan fingerprint density at radius 2 is 1.72 bits per heavy atom. The molecule has 0 aliphatic carbocycles. The van der Waals surface area contributed by atoms with Gasteiger partial charge in [-0.15, -0.1) is 11.8 Å². The van der Waals surface area contributed by atoms with E-state index in [1.165, 1.54) is 11.8 Å². The minimum Gasteiger partial charge on any atom is -0.497 e. The first kappa shape index (κ1) is 18.9. The van der Waals surface area contributed by atoms with Crippen LogP contribution in [0.4, 0.5) is 0 Å². The summed E-state index contributed by atoms with van der Waals surface area (Å²) in [5.41, 5.74) is 1.13. The van der Waals surface area contributed by atoms with E-state index in [0.717, 1.165) is 16.2 Å². The smallest absolute Gasteiger partial charge is 0.335 e. The summed E-state index contributed by atoms with van der Waals surface area (Å²) in [7, 11) is 3.37. The SMILES string of the molecule is COc1ccc(SC(C)C(=O)N(C)Cc2ccc(C(=O)O)cc2)cc1. The normalized spacial score (nSPS) is 11.6. The van der Waals surface area contributed by atoms with Crippen molar-refractivity contribution in [3.8, 4) is 5.75 Å². The van der Waals surface area contributed by atoms with Gasteiger partial charge in [-0.05, 0) is 48.9 Å². The maximum Gasteiger partial charge on any atom is 0.335 e. The van der Waals surface area contributed by atoms with Crippen molar-refractivity contribution < 1.29 is 19.4 Å². The van der Waals surface area contributed by atoms with Crippen molar-refractivity contribution in [2.24, 2.45) is 0 Å². The zero-order valence-corrected chi connectivity index (χ0v) is 15.2. The number of carbonyl (C=O) groups is 2. The Labute approximate surface area is 151 Å². The van der Waals surface area contributed by atoms with Crippen LogP contribution in [0.15, 0.2) is 53.4 Å². The van der Waals surface area contributed by atoms with Crippen molar-refractivity contribution in [2.75, 3.05) is 14.2 Å². The number of carboxylic acids is 1. The van der Waals surface area contributed by atoms with E-state index in [2.05, 4.69) is 0 Å². The molecular weight excluding hydrogens is 338 g/mol. The molecule has 1 atom stereocenters. The van der Waals surface area contributed by atoms with Gasteiger partial charge >= 0.3 is 5.97 Å². The number of amides is 1. The predicted molar refractivity (Wildman–Crippen MR) is 98.2 cm³/mol. The molecule has 132 valence electrons. The second kappa shape index (κ2) is 8.58. The number of hydrogen-bond donors (Lipinski definition) is 1. The maximum absolute atomic E-state index is 12.5. The second-order valence-electron chi connectivity index (χ2n) is 5.63. The number of rotatable bonds is 7. The lowest BCUT2D eigenvalue weighted by molar-refractivity contribution is -0.129. The standard InChI is InChI=1S/C19H21NO4S/c1-13(25-17-10-8-16(24-3)9-11-17)18(21)20(2)12-14-4-6-15(7-5-14)19(22)23/h4-11,13H,12H2,1-3H3,(H,22,23). The molecule has 0 bridgehead atoms. The first-order valence-electron chi connectivity index (χ1n) is 7.78. The number of aromatic carboxylic acids is 1. The molecule has 0 heterocycles. The molecule has 0 saturated carbocycles. The quantitative estimate of drug-likeness (QED) is 0.766. The van der Waals surface area contributed by atoms with Gasteiger partial charge in [-0.3, -0.25) is 4.79 Å². The number of hydrogen-bond acceptors (Lipinski definition) is 4. The van der Waals surface area contributed by atoms with Gasteiger partial charge in [0.25, 0.3) is 0 Å². The number of carbonyl (C=O) groups excluding carboxylic acids is 1. The van der Waals surface area contributed by atoms with Crippen LogP contribution >= 0.6 is 11.8 Å². The molecule has 0 aromatic heterocycles. The van der Waals surface area contributed by atoms with Gasteiger partial charge in [-0.1, -0.05) is 12.1 Å². The molecule has 0 aliphatic heterocycles. The fraction of sp³-hybridized carbons (Fsp3) is 0.263. The molecule has 0 radical (unpaired) electrons. The number of carboxylic acid groups (broad SMARTS) is 1. The van der Waals surface area contributed by atoms with Crippen molar-refractivity contribution in [3.63, 3.8) is 0 Å². The molecule has 0 fully saturated rings. The lowest BCUT2D eigenvalue weighted by atomic mass is 10.1. The van der Waals surface area contributed by atoms with Crippen LogP contribution in [0.5, 0.6) is 5.75 Å². The lowest BCUT2D eigenvalue weighted by Crippen LogP contribution is -2.32. The molecule has 1 unspecified atom stereocenters. The molecule has 2 aromatic rings. The van der Waals surface area contributed by atoms with Crippen LogP contribution < -0.4 is 4.74 Å². The molecule has 1 N–H and O–H groups in total. The summed E-state index contributed by atoms with van der Waals surface area (Å²) < 4.78 is 5.13. The monoisotopic (exact) mass is 359 g/mol. The number of ether oxygens (including phenoxy) is 1. The average Bonchev–Trinajstić information content (AvgIpc) is 2.62. The predicted octanol–water partition coefficient (Wildman–Crippen LogP) is 3.53. The molecule has 0 saturated heterocycles. The first-order valence-corrected chi connectivity index (χ1v) is 8.66. The Bertz CT molecular complexity index is 728. The Balaban J connectivity index is 1.94. The summed E-state index contributed by atoms with van der Waals surface area (Å²) in [6, 6.07) is 14.1. The van der Waals surface area contributed by atoms with Crippen molar-refractivity contribution >= 4 is 23.6 Å². The Morgan fingerprint density at radius 1 is 1.12 bits per heavy atom. The third-order valence-corrected chi connectivity index (χ3v) is 4.82. The Kier molecular flexibility index (Phi) is 6.47. The summed E-state index contributed by atoms with van der Waals surface area (Å²) >= 11 is 1.49. The largest absolute Gasteiger partial charge is 0.497 e. The van der Waals surface area contributed by atoms with Gasteiger partial charge in [0, 0.05) is 18.5 Å². The molecule has 1 amide bonds. The van der Waals surface area contributed by atoms with Crippen LogP contribution in [0.3, 0.4) is 0 Å². The van der Waals surface area contributed by atoms with Gasteiger partial charge in [-0.25, -0.2) is 4.79 Å². The van der Waals surface area contributed by atoms with Crippen LogP contribution in [0, 0.1) is 0 Å². The summed E-state index contributed by atoms with van der Waals surface area (Å²) in [6.07, 6.45) is 0. The van der Waals surface area contributed by atoms with E-state index >= 15 is 0 Å². The molecule has 25 heavy (non-hydrogen) atoms. The molecule has 6 heteroatoms. The van der Waals surface area contributed by atoms with E-state index in [0.29, 0.717) is 6.54 Å². The van der Waals surface area contributed by atoms with E-state index in [-0.39, 0.29) is 16.7 Å². The third-order valence-electron chi connectivity index (χ3n) is 3.72. The van der Waals surface area contributed by atoms with Gasteiger partial charge in [-0.2, -0.15) is 0 Å².